The molecule has 0 aliphatic heterocycles. The molecule has 14 heavy (non-hydrogen) atoms. The molecule has 2 nitrogen and oxygen atoms in total. The average Bonchev–Trinajstić information content (AvgIpc) is 2.71. The lowest BCUT2D eigenvalue weighted by Gasteiger charge is -2.01. The predicted octanol–water partition coefficient (Wildman–Crippen LogP) is 2.68. The number of rotatable bonds is 3. The summed E-state index contributed by atoms with van der Waals surface area (Å²) in [5.41, 5.74) is 2.86. The van der Waals surface area contributed by atoms with Gasteiger partial charge in [-0.05, 0) is 17.2 Å². The molecule has 1 aromatic heterocycles. The van der Waals surface area contributed by atoms with Crippen molar-refractivity contribution < 1.29 is 9.21 Å². The van der Waals surface area contributed by atoms with Crippen LogP contribution in [0.25, 0.3) is 0 Å². The monoisotopic (exact) mass is 186 g/mol. The van der Waals surface area contributed by atoms with Crippen LogP contribution in [0, 0.1) is 0 Å². The van der Waals surface area contributed by atoms with Crippen molar-refractivity contribution in [1.82, 2.24) is 0 Å². The summed E-state index contributed by atoms with van der Waals surface area (Å²) in [4.78, 5) is 10.7. The summed E-state index contributed by atoms with van der Waals surface area (Å²) < 4.78 is 4.97. The average molecular weight is 186 g/mol. The van der Waals surface area contributed by atoms with E-state index in [9.17, 15) is 4.79 Å². The van der Waals surface area contributed by atoms with E-state index in [4.69, 9.17) is 4.42 Å². The van der Waals surface area contributed by atoms with Crippen molar-refractivity contribution in [2.75, 3.05) is 0 Å². The second kappa shape index (κ2) is 3.92. The van der Waals surface area contributed by atoms with Crippen LogP contribution in [0.4, 0.5) is 0 Å². The van der Waals surface area contributed by atoms with Crippen LogP contribution < -0.4 is 0 Å². The maximum absolute atomic E-state index is 10.7. The van der Waals surface area contributed by atoms with Crippen molar-refractivity contribution in [2.45, 2.75) is 6.42 Å². The first-order valence-corrected chi connectivity index (χ1v) is 4.44. The van der Waals surface area contributed by atoms with Crippen LogP contribution in [0.15, 0.2) is 47.3 Å². The number of hydrogen-bond acceptors (Lipinski definition) is 2. The van der Waals surface area contributed by atoms with E-state index >= 15 is 0 Å². The molecule has 0 atom stereocenters. The molecule has 0 radical (unpaired) electrons. The lowest BCUT2D eigenvalue weighted by atomic mass is 10.0. The third kappa shape index (κ3) is 1.74. The molecule has 0 bridgehead atoms. The van der Waals surface area contributed by atoms with Crippen molar-refractivity contribution in [3.63, 3.8) is 0 Å². The highest BCUT2D eigenvalue weighted by molar-refractivity contribution is 5.77. The Morgan fingerprint density at radius 2 is 2.07 bits per heavy atom. The minimum absolute atomic E-state index is 0.741. The van der Waals surface area contributed by atoms with Gasteiger partial charge >= 0.3 is 0 Å². The van der Waals surface area contributed by atoms with Crippen molar-refractivity contribution in [2.24, 2.45) is 0 Å². The van der Waals surface area contributed by atoms with Crippen LogP contribution in [-0.2, 0) is 6.42 Å². The Bertz CT molecular complexity index is 416. The third-order valence-corrected chi connectivity index (χ3v) is 2.16. The van der Waals surface area contributed by atoms with E-state index < -0.39 is 0 Å². The van der Waals surface area contributed by atoms with Crippen LogP contribution in [0.3, 0.4) is 0 Å². The Hall–Kier alpha value is -1.83. The smallest absolute Gasteiger partial charge is 0.150 e. The van der Waals surface area contributed by atoms with E-state index in [1.807, 2.05) is 30.3 Å². The zero-order valence-electron chi connectivity index (χ0n) is 7.64. The van der Waals surface area contributed by atoms with Crippen molar-refractivity contribution in [3.8, 4) is 0 Å². The van der Waals surface area contributed by atoms with Gasteiger partial charge in [-0.15, -0.1) is 0 Å². The van der Waals surface area contributed by atoms with Crippen LogP contribution in [-0.4, -0.2) is 6.29 Å². The van der Waals surface area contributed by atoms with Gasteiger partial charge in [0.25, 0.3) is 0 Å². The summed E-state index contributed by atoms with van der Waals surface area (Å²) in [7, 11) is 0. The van der Waals surface area contributed by atoms with Gasteiger partial charge in [0, 0.05) is 12.0 Å². The first-order valence-electron chi connectivity index (χ1n) is 4.44. The topological polar surface area (TPSA) is 30.2 Å². The zero-order chi connectivity index (χ0) is 9.80. The Morgan fingerprint density at radius 3 is 2.79 bits per heavy atom. The van der Waals surface area contributed by atoms with Gasteiger partial charge in [0.2, 0.25) is 0 Å². The molecule has 2 heteroatoms. The fourth-order valence-corrected chi connectivity index (χ4v) is 1.42. The van der Waals surface area contributed by atoms with Crippen molar-refractivity contribution in [3.05, 3.63) is 59.5 Å². The molecule has 1 aromatic carbocycles. The minimum Gasteiger partial charge on any atom is -0.472 e. The van der Waals surface area contributed by atoms with Gasteiger partial charge < -0.3 is 4.42 Å². The van der Waals surface area contributed by atoms with Crippen LogP contribution in [0.5, 0.6) is 0 Å². The van der Waals surface area contributed by atoms with Gasteiger partial charge in [0.1, 0.15) is 6.29 Å². The highest BCUT2D eigenvalue weighted by atomic mass is 16.3. The van der Waals surface area contributed by atoms with Gasteiger partial charge in [-0.25, -0.2) is 0 Å². The molecule has 0 aliphatic rings. The van der Waals surface area contributed by atoms with E-state index in [0.29, 0.717) is 0 Å². The molecular formula is C12H10O2. The van der Waals surface area contributed by atoms with E-state index in [0.717, 1.165) is 29.4 Å². The Kier molecular flexibility index (Phi) is 2.45. The second-order valence-corrected chi connectivity index (χ2v) is 3.13. The molecule has 0 amide bonds. The van der Waals surface area contributed by atoms with E-state index in [1.54, 1.807) is 12.5 Å². The number of benzene rings is 1. The minimum atomic E-state index is 0.741. The van der Waals surface area contributed by atoms with Crippen LogP contribution in [0.2, 0.25) is 0 Å². The number of furan rings is 1. The molecule has 2 rings (SSSR count). The highest BCUT2D eigenvalue weighted by Gasteiger charge is 2.02. The van der Waals surface area contributed by atoms with Gasteiger partial charge in [-0.1, -0.05) is 24.3 Å². The number of aldehydes is 1. The summed E-state index contributed by atoms with van der Waals surface area (Å²) >= 11 is 0. The summed E-state index contributed by atoms with van der Waals surface area (Å²) in [6.07, 6.45) is 4.96. The third-order valence-electron chi connectivity index (χ3n) is 2.16. The molecular weight excluding hydrogens is 176 g/mol. The fourth-order valence-electron chi connectivity index (χ4n) is 1.42. The molecule has 0 N–H and O–H groups in total. The molecule has 1 heterocycles. The lowest BCUT2D eigenvalue weighted by molar-refractivity contribution is 0.112. The van der Waals surface area contributed by atoms with Crippen molar-refractivity contribution in [1.29, 1.82) is 0 Å². The number of hydrogen-bond donors (Lipinski definition) is 0. The van der Waals surface area contributed by atoms with Crippen molar-refractivity contribution >= 4 is 6.29 Å². The molecule has 0 aliphatic carbocycles. The molecule has 0 saturated carbocycles. The van der Waals surface area contributed by atoms with E-state index in [1.165, 1.54) is 0 Å². The highest BCUT2D eigenvalue weighted by Crippen LogP contribution is 2.12. The molecule has 0 saturated heterocycles. The Morgan fingerprint density at radius 1 is 1.21 bits per heavy atom. The molecule has 70 valence electrons. The van der Waals surface area contributed by atoms with E-state index in [2.05, 4.69) is 0 Å². The second-order valence-electron chi connectivity index (χ2n) is 3.13. The quantitative estimate of drug-likeness (QED) is 0.690. The first-order chi connectivity index (χ1) is 6.90. The van der Waals surface area contributed by atoms with Crippen LogP contribution >= 0.6 is 0 Å². The zero-order valence-corrected chi connectivity index (χ0v) is 7.64. The molecule has 0 fully saturated rings. The maximum Gasteiger partial charge on any atom is 0.150 e. The van der Waals surface area contributed by atoms with Gasteiger partial charge in [0.15, 0.2) is 0 Å². The van der Waals surface area contributed by atoms with Gasteiger partial charge in [-0.3, -0.25) is 4.79 Å². The molecule has 0 unspecified atom stereocenters. The van der Waals surface area contributed by atoms with Crippen LogP contribution in [0.1, 0.15) is 21.5 Å². The Labute approximate surface area is 82.2 Å². The predicted molar refractivity (Wildman–Crippen MR) is 53.3 cm³/mol. The molecule has 0 spiro atoms. The normalized spacial score (nSPS) is 10.0. The summed E-state index contributed by atoms with van der Waals surface area (Å²) in [5, 5.41) is 0. The maximum atomic E-state index is 10.7. The SMILES string of the molecule is O=Cc1ccccc1Cc1ccoc1. The van der Waals surface area contributed by atoms with Gasteiger partial charge in [-0.2, -0.15) is 0 Å². The summed E-state index contributed by atoms with van der Waals surface area (Å²) in [6.45, 7) is 0. The number of carbonyl (C=O) groups is 1. The van der Waals surface area contributed by atoms with E-state index in [-0.39, 0.29) is 0 Å². The number of carbonyl (C=O) groups excluding carboxylic acids is 1. The fraction of sp³-hybridized carbons (Fsp3) is 0.0833. The van der Waals surface area contributed by atoms with Gasteiger partial charge in [0.05, 0.1) is 12.5 Å². The Balaban J connectivity index is 2.28. The first kappa shape index (κ1) is 8.75. The summed E-state index contributed by atoms with van der Waals surface area (Å²) in [6, 6.07) is 9.48. The lowest BCUT2D eigenvalue weighted by Crippen LogP contribution is -1.92. The largest absolute Gasteiger partial charge is 0.472 e. The molecule has 2 aromatic rings. The summed E-state index contributed by atoms with van der Waals surface area (Å²) in [5.74, 6) is 0. The standard InChI is InChI=1S/C12H10O2/c13-8-12-4-2-1-3-11(12)7-10-5-6-14-9-10/h1-6,8-9H,7H2.